The number of thioether (sulfide) groups is 1. The summed E-state index contributed by atoms with van der Waals surface area (Å²) in [5, 5.41) is 7.84. The van der Waals surface area contributed by atoms with Gasteiger partial charge in [-0.15, -0.1) is 0 Å². The minimum absolute atomic E-state index is 0.0272. The smallest absolute Gasteiger partial charge is 0.322 e. The first-order valence-corrected chi connectivity index (χ1v) is 9.40. The normalized spacial score (nSPS) is 13.1. The number of benzene rings is 1. The summed E-state index contributed by atoms with van der Waals surface area (Å²) in [5.41, 5.74) is 0.728. The van der Waals surface area contributed by atoms with E-state index in [1.165, 1.54) is 0 Å². The van der Waals surface area contributed by atoms with Crippen molar-refractivity contribution in [3.8, 4) is 0 Å². The molecule has 1 unspecified atom stereocenters. The second-order valence-electron chi connectivity index (χ2n) is 4.43. The molecule has 0 saturated heterocycles. The van der Waals surface area contributed by atoms with Crippen molar-refractivity contribution < 1.29 is 18.3 Å². The maximum Gasteiger partial charge on any atom is 0.322 e. The second-order valence-corrected chi connectivity index (χ2v) is 8.13. The topological polar surface area (TPSA) is 71.4 Å². The lowest BCUT2D eigenvalue weighted by Crippen LogP contribution is -2.34. The largest absolute Gasteiger partial charge is 0.480 e. The zero-order valence-electron chi connectivity index (χ0n) is 11.5. The molecular weight excluding hydrogens is 296 g/mol. The fourth-order valence-corrected chi connectivity index (χ4v) is 4.25. The van der Waals surface area contributed by atoms with E-state index in [0.29, 0.717) is 6.42 Å². The number of carboxylic acid groups (broad SMARTS) is 1. The van der Waals surface area contributed by atoms with Crippen molar-refractivity contribution in [2.75, 3.05) is 17.3 Å². The van der Waals surface area contributed by atoms with Gasteiger partial charge in [-0.1, -0.05) is 37.3 Å². The zero-order chi connectivity index (χ0) is 15.0. The summed E-state index contributed by atoms with van der Waals surface area (Å²) in [6, 6.07) is 8.87. The van der Waals surface area contributed by atoms with Crippen LogP contribution in [0, 0.1) is 0 Å². The molecule has 0 aliphatic heterocycles. The van der Waals surface area contributed by atoms with E-state index in [1.807, 2.05) is 13.0 Å². The van der Waals surface area contributed by atoms with Crippen LogP contribution in [-0.2, 0) is 21.1 Å². The highest BCUT2D eigenvalue weighted by atomic mass is 32.2. The minimum atomic E-state index is -3.61. The SMILES string of the molecule is CCSCCCS(=O)(=O)C(Cc1ccccc1)C(=O)O. The zero-order valence-corrected chi connectivity index (χ0v) is 13.1. The number of sulfone groups is 1. The maximum absolute atomic E-state index is 12.1. The van der Waals surface area contributed by atoms with Gasteiger partial charge in [-0.25, -0.2) is 8.42 Å². The standard InChI is InChI=1S/C14H20O4S2/c1-2-19-9-6-10-20(17,18)13(14(15)16)11-12-7-4-3-5-8-12/h3-5,7-8,13H,2,6,9-11H2,1H3,(H,15,16). The molecule has 0 radical (unpaired) electrons. The van der Waals surface area contributed by atoms with Crippen molar-refractivity contribution in [3.63, 3.8) is 0 Å². The van der Waals surface area contributed by atoms with E-state index in [0.717, 1.165) is 17.1 Å². The highest BCUT2D eigenvalue weighted by Gasteiger charge is 2.31. The molecule has 1 rings (SSSR count). The molecule has 0 spiro atoms. The summed E-state index contributed by atoms with van der Waals surface area (Å²) in [7, 11) is -3.61. The molecule has 0 heterocycles. The Morgan fingerprint density at radius 3 is 2.50 bits per heavy atom. The molecule has 1 aromatic rings. The molecule has 4 nitrogen and oxygen atoms in total. The van der Waals surface area contributed by atoms with E-state index < -0.39 is 21.1 Å². The fraction of sp³-hybridized carbons (Fsp3) is 0.500. The van der Waals surface area contributed by atoms with Gasteiger partial charge in [-0.05, 0) is 29.9 Å². The molecule has 0 aromatic heterocycles. The maximum atomic E-state index is 12.1. The first kappa shape index (κ1) is 17.0. The van der Waals surface area contributed by atoms with Crippen LogP contribution in [-0.4, -0.2) is 42.0 Å². The van der Waals surface area contributed by atoms with Crippen molar-refractivity contribution in [2.24, 2.45) is 0 Å². The molecule has 0 amide bonds. The summed E-state index contributed by atoms with van der Waals surface area (Å²) in [6.07, 6.45) is 0.527. The van der Waals surface area contributed by atoms with Gasteiger partial charge in [0.25, 0.3) is 0 Å². The van der Waals surface area contributed by atoms with Crippen LogP contribution in [0.1, 0.15) is 18.9 Å². The molecule has 1 N–H and O–H groups in total. The first-order valence-electron chi connectivity index (χ1n) is 6.53. The fourth-order valence-electron chi connectivity index (χ4n) is 1.84. The van der Waals surface area contributed by atoms with Crippen LogP contribution in [0.3, 0.4) is 0 Å². The Kier molecular flexibility index (Phi) is 7.09. The molecule has 0 aliphatic carbocycles. The molecule has 0 bridgehead atoms. The van der Waals surface area contributed by atoms with Crippen LogP contribution in [0.5, 0.6) is 0 Å². The minimum Gasteiger partial charge on any atom is -0.480 e. The van der Waals surface area contributed by atoms with Gasteiger partial charge in [0, 0.05) is 0 Å². The average molecular weight is 316 g/mol. The number of carbonyl (C=O) groups is 1. The van der Waals surface area contributed by atoms with Crippen LogP contribution in [0.4, 0.5) is 0 Å². The summed E-state index contributed by atoms with van der Waals surface area (Å²) < 4.78 is 24.3. The Labute approximate surface area is 124 Å². The molecule has 20 heavy (non-hydrogen) atoms. The Balaban J connectivity index is 2.72. The highest BCUT2D eigenvalue weighted by molar-refractivity contribution is 7.99. The van der Waals surface area contributed by atoms with Gasteiger partial charge in [0.05, 0.1) is 5.75 Å². The number of rotatable bonds is 9. The first-order chi connectivity index (χ1) is 9.47. The summed E-state index contributed by atoms with van der Waals surface area (Å²) >= 11 is 1.66. The third-order valence-corrected chi connectivity index (χ3v) is 5.97. The Hall–Kier alpha value is -1.01. The van der Waals surface area contributed by atoms with Crippen molar-refractivity contribution >= 4 is 27.6 Å². The molecule has 112 valence electrons. The van der Waals surface area contributed by atoms with Crippen LogP contribution in [0.15, 0.2) is 30.3 Å². The predicted octanol–water partition coefficient (Wildman–Crippen LogP) is 2.24. The van der Waals surface area contributed by atoms with Crippen molar-refractivity contribution in [1.29, 1.82) is 0 Å². The molecular formula is C14H20O4S2. The lowest BCUT2D eigenvalue weighted by molar-refractivity contribution is -0.136. The van der Waals surface area contributed by atoms with E-state index >= 15 is 0 Å². The average Bonchev–Trinajstić information content (AvgIpc) is 2.42. The lowest BCUT2D eigenvalue weighted by atomic mass is 10.1. The van der Waals surface area contributed by atoms with Gasteiger partial charge in [0.2, 0.25) is 0 Å². The van der Waals surface area contributed by atoms with Crippen LogP contribution in [0.2, 0.25) is 0 Å². The van der Waals surface area contributed by atoms with Gasteiger partial charge in [-0.2, -0.15) is 11.8 Å². The van der Waals surface area contributed by atoms with Gasteiger partial charge in [-0.3, -0.25) is 4.79 Å². The van der Waals surface area contributed by atoms with E-state index in [1.54, 1.807) is 36.0 Å². The van der Waals surface area contributed by atoms with Crippen LogP contribution < -0.4 is 0 Å². The number of carboxylic acids is 1. The van der Waals surface area contributed by atoms with E-state index in [-0.39, 0.29) is 12.2 Å². The Morgan fingerprint density at radius 2 is 1.95 bits per heavy atom. The van der Waals surface area contributed by atoms with Gasteiger partial charge < -0.3 is 5.11 Å². The van der Waals surface area contributed by atoms with Crippen molar-refractivity contribution in [3.05, 3.63) is 35.9 Å². The Morgan fingerprint density at radius 1 is 1.30 bits per heavy atom. The third kappa shape index (κ3) is 5.54. The van der Waals surface area contributed by atoms with Gasteiger partial charge in [0.15, 0.2) is 15.1 Å². The molecule has 0 fully saturated rings. The van der Waals surface area contributed by atoms with Crippen molar-refractivity contribution in [1.82, 2.24) is 0 Å². The van der Waals surface area contributed by atoms with Gasteiger partial charge >= 0.3 is 5.97 Å². The number of hydrogen-bond donors (Lipinski definition) is 1. The number of aliphatic carboxylic acids is 1. The van der Waals surface area contributed by atoms with E-state index in [2.05, 4.69) is 0 Å². The molecule has 1 aromatic carbocycles. The third-order valence-electron chi connectivity index (χ3n) is 2.89. The van der Waals surface area contributed by atoms with Crippen molar-refractivity contribution in [2.45, 2.75) is 25.0 Å². The van der Waals surface area contributed by atoms with Gasteiger partial charge in [0.1, 0.15) is 0 Å². The monoisotopic (exact) mass is 316 g/mol. The highest BCUT2D eigenvalue weighted by Crippen LogP contribution is 2.14. The molecule has 0 saturated carbocycles. The van der Waals surface area contributed by atoms with E-state index in [9.17, 15) is 18.3 Å². The quantitative estimate of drug-likeness (QED) is 0.707. The predicted molar refractivity (Wildman–Crippen MR) is 83.0 cm³/mol. The number of hydrogen-bond acceptors (Lipinski definition) is 4. The molecule has 1 atom stereocenters. The summed E-state index contributed by atoms with van der Waals surface area (Å²) in [6.45, 7) is 2.01. The molecule has 6 heteroatoms. The van der Waals surface area contributed by atoms with Crippen LogP contribution in [0.25, 0.3) is 0 Å². The van der Waals surface area contributed by atoms with Crippen LogP contribution >= 0.6 is 11.8 Å². The summed E-state index contributed by atoms with van der Waals surface area (Å²) in [4.78, 5) is 11.3. The second kappa shape index (κ2) is 8.32. The Bertz CT molecular complexity index is 511. The lowest BCUT2D eigenvalue weighted by Gasteiger charge is -2.13. The summed E-state index contributed by atoms with van der Waals surface area (Å²) in [5.74, 6) is 0.348. The molecule has 0 aliphatic rings. The van der Waals surface area contributed by atoms with E-state index in [4.69, 9.17) is 0 Å².